The highest BCUT2D eigenvalue weighted by Gasteiger charge is 2.14. The lowest BCUT2D eigenvalue weighted by molar-refractivity contribution is 0.240. The van der Waals surface area contributed by atoms with Crippen LogP contribution in [-0.4, -0.2) is 32.2 Å². The second-order valence-electron chi connectivity index (χ2n) is 3.10. The molecule has 1 aliphatic heterocycles. The van der Waals surface area contributed by atoms with Crippen LogP contribution in [0.5, 0.6) is 0 Å². The standard InChI is InChI=1S/C8H17N3O/c1-2-10-8(12)11-6-7-3-4-9-5-7/h7,9H,2-6H2,1H3,(H2,10,11,12). The van der Waals surface area contributed by atoms with E-state index in [9.17, 15) is 4.79 Å². The number of nitrogens with one attached hydrogen (secondary N) is 3. The van der Waals surface area contributed by atoms with Crippen LogP contribution in [0.1, 0.15) is 13.3 Å². The average molecular weight is 171 g/mol. The average Bonchev–Trinajstić information content (AvgIpc) is 2.53. The minimum absolute atomic E-state index is 0.0515. The van der Waals surface area contributed by atoms with Gasteiger partial charge >= 0.3 is 6.03 Å². The van der Waals surface area contributed by atoms with Gasteiger partial charge in [-0.2, -0.15) is 0 Å². The van der Waals surface area contributed by atoms with Crippen molar-refractivity contribution in [2.24, 2.45) is 5.92 Å². The largest absolute Gasteiger partial charge is 0.338 e. The molecule has 1 aliphatic rings. The Morgan fingerprint density at radius 1 is 1.58 bits per heavy atom. The normalized spacial score (nSPS) is 22.2. The fourth-order valence-corrected chi connectivity index (χ4v) is 1.35. The first-order chi connectivity index (χ1) is 5.83. The van der Waals surface area contributed by atoms with E-state index in [0.717, 1.165) is 19.6 Å². The van der Waals surface area contributed by atoms with Crippen molar-refractivity contribution in [1.82, 2.24) is 16.0 Å². The van der Waals surface area contributed by atoms with E-state index in [2.05, 4.69) is 16.0 Å². The summed E-state index contributed by atoms with van der Waals surface area (Å²) in [6, 6.07) is -0.0515. The van der Waals surface area contributed by atoms with Gasteiger partial charge in [0, 0.05) is 13.1 Å². The minimum Gasteiger partial charge on any atom is -0.338 e. The minimum atomic E-state index is -0.0515. The summed E-state index contributed by atoms with van der Waals surface area (Å²) in [5.41, 5.74) is 0. The number of amides is 2. The van der Waals surface area contributed by atoms with Crippen LogP contribution in [0.3, 0.4) is 0 Å². The smallest absolute Gasteiger partial charge is 0.314 e. The second-order valence-corrected chi connectivity index (χ2v) is 3.10. The fourth-order valence-electron chi connectivity index (χ4n) is 1.35. The van der Waals surface area contributed by atoms with Crippen molar-refractivity contribution in [3.8, 4) is 0 Å². The van der Waals surface area contributed by atoms with Crippen LogP contribution >= 0.6 is 0 Å². The molecular weight excluding hydrogens is 154 g/mol. The molecule has 0 spiro atoms. The number of rotatable bonds is 3. The van der Waals surface area contributed by atoms with Crippen molar-refractivity contribution in [2.75, 3.05) is 26.2 Å². The van der Waals surface area contributed by atoms with Crippen LogP contribution in [0, 0.1) is 5.92 Å². The molecule has 70 valence electrons. The van der Waals surface area contributed by atoms with Crippen molar-refractivity contribution in [1.29, 1.82) is 0 Å². The third-order valence-corrected chi connectivity index (χ3v) is 2.05. The molecule has 1 unspecified atom stereocenters. The highest BCUT2D eigenvalue weighted by atomic mass is 16.2. The Morgan fingerprint density at radius 3 is 3.00 bits per heavy atom. The van der Waals surface area contributed by atoms with Crippen LogP contribution in [0.4, 0.5) is 4.79 Å². The molecule has 4 nitrogen and oxygen atoms in total. The highest BCUT2D eigenvalue weighted by molar-refractivity contribution is 5.73. The molecule has 1 atom stereocenters. The van der Waals surface area contributed by atoms with Crippen molar-refractivity contribution in [3.05, 3.63) is 0 Å². The molecule has 0 aromatic carbocycles. The summed E-state index contributed by atoms with van der Waals surface area (Å²) in [4.78, 5) is 11.0. The van der Waals surface area contributed by atoms with Crippen molar-refractivity contribution in [2.45, 2.75) is 13.3 Å². The number of hydrogen-bond donors (Lipinski definition) is 3. The maximum absolute atomic E-state index is 11.0. The summed E-state index contributed by atoms with van der Waals surface area (Å²) >= 11 is 0. The van der Waals surface area contributed by atoms with E-state index < -0.39 is 0 Å². The number of hydrogen-bond acceptors (Lipinski definition) is 2. The van der Waals surface area contributed by atoms with Gasteiger partial charge in [-0.25, -0.2) is 4.79 Å². The number of carbonyl (C=O) groups excluding carboxylic acids is 1. The molecule has 1 rings (SSSR count). The molecule has 4 heteroatoms. The lowest BCUT2D eigenvalue weighted by Gasteiger charge is -2.09. The Balaban J connectivity index is 2.03. The predicted molar refractivity (Wildman–Crippen MR) is 48.1 cm³/mol. The second kappa shape index (κ2) is 4.98. The molecule has 1 fully saturated rings. The van der Waals surface area contributed by atoms with Gasteiger partial charge in [-0.3, -0.25) is 0 Å². The van der Waals surface area contributed by atoms with Crippen molar-refractivity contribution < 1.29 is 4.79 Å². The Morgan fingerprint density at radius 2 is 2.42 bits per heavy atom. The molecule has 2 amide bonds. The molecule has 0 saturated carbocycles. The van der Waals surface area contributed by atoms with Gasteiger partial charge in [0.05, 0.1) is 0 Å². The van der Waals surface area contributed by atoms with Crippen molar-refractivity contribution in [3.63, 3.8) is 0 Å². The van der Waals surface area contributed by atoms with Crippen LogP contribution in [0.15, 0.2) is 0 Å². The van der Waals surface area contributed by atoms with Crippen LogP contribution < -0.4 is 16.0 Å². The first-order valence-corrected chi connectivity index (χ1v) is 4.55. The van der Waals surface area contributed by atoms with Gasteiger partial charge in [0.1, 0.15) is 0 Å². The maximum Gasteiger partial charge on any atom is 0.314 e. The Kier molecular flexibility index (Phi) is 3.87. The summed E-state index contributed by atoms with van der Waals surface area (Å²) in [5, 5.41) is 8.79. The van der Waals surface area contributed by atoms with E-state index in [0.29, 0.717) is 12.5 Å². The van der Waals surface area contributed by atoms with E-state index >= 15 is 0 Å². The Hall–Kier alpha value is -0.770. The predicted octanol–water partition coefficient (Wildman–Crippen LogP) is -0.0850. The molecule has 0 aromatic rings. The summed E-state index contributed by atoms with van der Waals surface area (Å²) < 4.78 is 0. The fraction of sp³-hybridized carbons (Fsp3) is 0.875. The zero-order chi connectivity index (χ0) is 8.81. The zero-order valence-electron chi connectivity index (χ0n) is 7.52. The van der Waals surface area contributed by atoms with Crippen LogP contribution in [0.25, 0.3) is 0 Å². The van der Waals surface area contributed by atoms with Crippen LogP contribution in [-0.2, 0) is 0 Å². The van der Waals surface area contributed by atoms with Gasteiger partial charge < -0.3 is 16.0 Å². The van der Waals surface area contributed by atoms with Gasteiger partial charge in [-0.05, 0) is 32.4 Å². The van der Waals surface area contributed by atoms with Gasteiger partial charge in [-0.1, -0.05) is 0 Å². The highest BCUT2D eigenvalue weighted by Crippen LogP contribution is 2.04. The van der Waals surface area contributed by atoms with Crippen molar-refractivity contribution >= 4 is 6.03 Å². The summed E-state index contributed by atoms with van der Waals surface area (Å²) in [6.07, 6.45) is 1.17. The first kappa shape index (κ1) is 9.32. The van der Waals surface area contributed by atoms with E-state index in [4.69, 9.17) is 0 Å². The molecule has 0 aliphatic carbocycles. The van der Waals surface area contributed by atoms with Gasteiger partial charge in [0.2, 0.25) is 0 Å². The molecule has 3 N–H and O–H groups in total. The first-order valence-electron chi connectivity index (χ1n) is 4.55. The van der Waals surface area contributed by atoms with Gasteiger partial charge in [0.25, 0.3) is 0 Å². The number of urea groups is 1. The summed E-state index contributed by atoms with van der Waals surface area (Å²) in [5.74, 6) is 0.618. The molecule has 12 heavy (non-hydrogen) atoms. The Bertz CT molecular complexity index is 143. The summed E-state index contributed by atoms with van der Waals surface area (Å²) in [7, 11) is 0. The molecule has 0 aromatic heterocycles. The lowest BCUT2D eigenvalue weighted by Crippen LogP contribution is -2.38. The topological polar surface area (TPSA) is 53.2 Å². The Labute approximate surface area is 73.1 Å². The maximum atomic E-state index is 11.0. The number of carbonyl (C=O) groups is 1. The molecule has 1 heterocycles. The third-order valence-electron chi connectivity index (χ3n) is 2.05. The van der Waals surface area contributed by atoms with E-state index in [1.807, 2.05) is 6.92 Å². The lowest BCUT2D eigenvalue weighted by atomic mass is 10.1. The zero-order valence-corrected chi connectivity index (χ0v) is 7.52. The van der Waals surface area contributed by atoms with Gasteiger partial charge in [0.15, 0.2) is 0 Å². The van der Waals surface area contributed by atoms with E-state index in [1.54, 1.807) is 0 Å². The van der Waals surface area contributed by atoms with Crippen LogP contribution in [0.2, 0.25) is 0 Å². The summed E-state index contributed by atoms with van der Waals surface area (Å²) in [6.45, 7) is 5.51. The monoisotopic (exact) mass is 171 g/mol. The molecule has 1 saturated heterocycles. The quantitative estimate of drug-likeness (QED) is 0.556. The molecular formula is C8H17N3O. The molecule has 0 radical (unpaired) electrons. The van der Waals surface area contributed by atoms with E-state index in [-0.39, 0.29) is 6.03 Å². The third kappa shape index (κ3) is 3.09. The van der Waals surface area contributed by atoms with Gasteiger partial charge in [-0.15, -0.1) is 0 Å². The SMILES string of the molecule is CCNC(=O)NCC1CCNC1. The molecule has 0 bridgehead atoms. The van der Waals surface area contributed by atoms with E-state index in [1.165, 1.54) is 6.42 Å².